The molecule has 0 amide bonds. The molecular weight excluding hydrogens is 285 g/mol. The van der Waals surface area contributed by atoms with Gasteiger partial charge in [0.1, 0.15) is 0 Å². The van der Waals surface area contributed by atoms with E-state index in [1.807, 2.05) is 13.1 Å². The summed E-state index contributed by atoms with van der Waals surface area (Å²) in [6.45, 7) is 2.16. The van der Waals surface area contributed by atoms with Gasteiger partial charge in [-0.3, -0.25) is 0 Å². The van der Waals surface area contributed by atoms with Gasteiger partial charge in [-0.15, -0.1) is 11.3 Å². The maximum Gasteiger partial charge on any atom is 0.0995 e. The van der Waals surface area contributed by atoms with E-state index in [1.165, 1.54) is 22.5 Å². The second-order valence-corrected chi connectivity index (χ2v) is 6.34. The molecule has 1 aromatic carbocycles. The Morgan fingerprint density at radius 1 is 1.22 bits per heavy atom. The molecule has 0 aliphatic carbocycles. The molecule has 2 rings (SSSR count). The van der Waals surface area contributed by atoms with Crippen LogP contribution in [0.5, 0.6) is 0 Å². The van der Waals surface area contributed by atoms with Gasteiger partial charge < -0.3 is 5.32 Å². The van der Waals surface area contributed by atoms with E-state index in [4.69, 9.17) is 23.2 Å². The van der Waals surface area contributed by atoms with Crippen LogP contribution in [0.15, 0.2) is 30.3 Å². The van der Waals surface area contributed by atoms with Gasteiger partial charge in [-0.2, -0.15) is 0 Å². The molecule has 0 bridgehead atoms. The number of nitrogens with one attached hydrogen (secondary N) is 1. The van der Waals surface area contributed by atoms with E-state index in [0.29, 0.717) is 0 Å². The zero-order valence-electron chi connectivity index (χ0n) is 10.3. The Morgan fingerprint density at radius 2 is 1.94 bits per heavy atom. The van der Waals surface area contributed by atoms with Gasteiger partial charge in [-0.25, -0.2) is 0 Å². The zero-order chi connectivity index (χ0) is 13.1. The van der Waals surface area contributed by atoms with Crippen LogP contribution >= 0.6 is 34.5 Å². The van der Waals surface area contributed by atoms with Crippen LogP contribution in [0.3, 0.4) is 0 Å². The third-order valence-corrected chi connectivity index (χ3v) is 4.55. The number of hydrogen-bond donors (Lipinski definition) is 1. The average molecular weight is 300 g/mol. The van der Waals surface area contributed by atoms with Gasteiger partial charge in [0, 0.05) is 5.56 Å². The number of aryl methyl sites for hydroxylation is 1. The molecule has 1 aromatic heterocycles. The second kappa shape index (κ2) is 6.07. The Kier molecular flexibility index (Phi) is 4.68. The van der Waals surface area contributed by atoms with Crippen molar-refractivity contribution in [3.63, 3.8) is 0 Å². The number of hydrogen-bond acceptors (Lipinski definition) is 2. The molecule has 18 heavy (non-hydrogen) atoms. The summed E-state index contributed by atoms with van der Waals surface area (Å²) in [6, 6.07) is 10.5. The summed E-state index contributed by atoms with van der Waals surface area (Å²) < 4.78 is 1.48. The Hall–Kier alpha value is -0.540. The van der Waals surface area contributed by atoms with Gasteiger partial charge in [0.15, 0.2) is 0 Å². The van der Waals surface area contributed by atoms with Crippen molar-refractivity contribution < 1.29 is 0 Å². The van der Waals surface area contributed by atoms with Crippen molar-refractivity contribution >= 4 is 34.5 Å². The first-order valence-electron chi connectivity index (χ1n) is 5.87. The van der Waals surface area contributed by atoms with E-state index in [1.54, 1.807) is 0 Å². The monoisotopic (exact) mass is 299 g/mol. The van der Waals surface area contributed by atoms with Gasteiger partial charge >= 0.3 is 0 Å². The Morgan fingerprint density at radius 3 is 2.50 bits per heavy atom. The minimum Gasteiger partial charge on any atom is -0.309 e. The van der Waals surface area contributed by atoms with Gasteiger partial charge in [0.25, 0.3) is 0 Å². The second-order valence-electron chi connectivity index (χ2n) is 4.05. The summed E-state index contributed by atoms with van der Waals surface area (Å²) in [5.41, 5.74) is 3.64. The van der Waals surface area contributed by atoms with Gasteiger partial charge in [0.2, 0.25) is 0 Å². The first kappa shape index (κ1) is 13.9. The number of benzene rings is 1. The Labute approximate surface area is 122 Å². The minimum absolute atomic E-state index is 0.0948. The van der Waals surface area contributed by atoms with Crippen molar-refractivity contribution in [3.8, 4) is 0 Å². The van der Waals surface area contributed by atoms with Crippen molar-refractivity contribution in [3.05, 3.63) is 55.7 Å². The third kappa shape index (κ3) is 2.72. The van der Waals surface area contributed by atoms with E-state index in [0.717, 1.165) is 20.7 Å². The molecule has 0 radical (unpaired) electrons. The fourth-order valence-corrected chi connectivity index (χ4v) is 3.70. The van der Waals surface area contributed by atoms with Crippen molar-refractivity contribution in [2.45, 2.75) is 19.4 Å². The topological polar surface area (TPSA) is 12.0 Å². The van der Waals surface area contributed by atoms with E-state index < -0.39 is 0 Å². The van der Waals surface area contributed by atoms with E-state index in [-0.39, 0.29) is 6.04 Å². The average Bonchev–Trinajstić information content (AvgIpc) is 2.70. The first-order valence-corrected chi connectivity index (χ1v) is 7.44. The Balaban J connectivity index is 2.48. The van der Waals surface area contributed by atoms with Crippen molar-refractivity contribution in [1.29, 1.82) is 0 Å². The van der Waals surface area contributed by atoms with Crippen LogP contribution in [0, 0.1) is 0 Å². The smallest absolute Gasteiger partial charge is 0.0995 e. The molecule has 0 saturated heterocycles. The summed E-state index contributed by atoms with van der Waals surface area (Å²) in [5.74, 6) is 0. The van der Waals surface area contributed by atoms with E-state index in [9.17, 15) is 0 Å². The normalized spacial score (nSPS) is 12.7. The largest absolute Gasteiger partial charge is 0.309 e. The summed E-state index contributed by atoms with van der Waals surface area (Å²) in [5, 5.41) is 3.33. The molecule has 0 spiro atoms. The molecule has 1 nitrogen and oxygen atoms in total. The molecule has 0 aliphatic rings. The lowest BCUT2D eigenvalue weighted by molar-refractivity contribution is 0.686. The van der Waals surface area contributed by atoms with Gasteiger partial charge in [-0.05, 0) is 30.7 Å². The molecule has 1 heterocycles. The van der Waals surface area contributed by atoms with Crippen molar-refractivity contribution in [1.82, 2.24) is 5.32 Å². The van der Waals surface area contributed by atoms with E-state index >= 15 is 0 Å². The van der Waals surface area contributed by atoms with Crippen molar-refractivity contribution in [2.24, 2.45) is 0 Å². The molecular formula is C14H15Cl2NS. The van der Waals surface area contributed by atoms with Crippen LogP contribution in [0.1, 0.15) is 29.7 Å². The highest BCUT2D eigenvalue weighted by atomic mass is 35.5. The maximum atomic E-state index is 6.26. The van der Waals surface area contributed by atoms with Crippen LogP contribution in [-0.2, 0) is 6.42 Å². The summed E-state index contributed by atoms with van der Waals surface area (Å²) in [4.78, 5) is 0. The zero-order valence-corrected chi connectivity index (χ0v) is 12.7. The molecule has 96 valence electrons. The molecule has 1 N–H and O–H groups in total. The summed E-state index contributed by atoms with van der Waals surface area (Å²) in [7, 11) is 1.94. The van der Waals surface area contributed by atoms with Gasteiger partial charge in [-0.1, -0.05) is 54.4 Å². The van der Waals surface area contributed by atoms with Crippen LogP contribution in [0.4, 0.5) is 0 Å². The molecule has 0 saturated carbocycles. The fourth-order valence-electron chi connectivity index (χ4n) is 2.17. The van der Waals surface area contributed by atoms with Crippen LogP contribution in [0.2, 0.25) is 8.67 Å². The molecule has 1 unspecified atom stereocenters. The SMILES string of the molecule is CCc1ccccc1C(NC)c1cc(Cl)sc1Cl. The molecule has 4 heteroatoms. The number of thiophene rings is 1. The maximum absolute atomic E-state index is 6.26. The molecule has 1 atom stereocenters. The van der Waals surface area contributed by atoms with Crippen LogP contribution < -0.4 is 5.32 Å². The third-order valence-electron chi connectivity index (χ3n) is 3.03. The van der Waals surface area contributed by atoms with Crippen LogP contribution in [-0.4, -0.2) is 7.05 Å². The summed E-state index contributed by atoms with van der Waals surface area (Å²) >= 11 is 13.7. The Bertz CT molecular complexity index is 536. The highest BCUT2D eigenvalue weighted by Gasteiger charge is 2.19. The standard InChI is InChI=1S/C14H15Cl2NS/c1-3-9-6-4-5-7-10(9)13(17-2)11-8-12(15)18-14(11)16/h4-8,13,17H,3H2,1-2H3. The summed E-state index contributed by atoms with van der Waals surface area (Å²) in [6.07, 6.45) is 1.00. The minimum atomic E-state index is 0.0948. The highest BCUT2D eigenvalue weighted by molar-refractivity contribution is 7.20. The lowest BCUT2D eigenvalue weighted by Crippen LogP contribution is -2.18. The first-order chi connectivity index (χ1) is 8.67. The lowest BCUT2D eigenvalue weighted by atomic mass is 9.95. The molecule has 2 aromatic rings. The lowest BCUT2D eigenvalue weighted by Gasteiger charge is -2.19. The predicted molar refractivity (Wildman–Crippen MR) is 81.1 cm³/mol. The van der Waals surface area contributed by atoms with E-state index in [2.05, 4.69) is 36.5 Å². The van der Waals surface area contributed by atoms with Gasteiger partial charge in [0.05, 0.1) is 14.7 Å². The molecule has 0 fully saturated rings. The fraction of sp³-hybridized carbons (Fsp3) is 0.286. The van der Waals surface area contributed by atoms with Crippen LogP contribution in [0.25, 0.3) is 0 Å². The predicted octanol–water partition coefficient (Wildman–Crippen LogP) is 4.93. The quantitative estimate of drug-likeness (QED) is 0.844. The number of rotatable bonds is 4. The highest BCUT2D eigenvalue weighted by Crippen LogP contribution is 2.38. The molecule has 0 aliphatic heterocycles. The van der Waals surface area contributed by atoms with Crippen molar-refractivity contribution in [2.75, 3.05) is 7.05 Å². The number of halogens is 2.